The van der Waals surface area contributed by atoms with Gasteiger partial charge in [-0.1, -0.05) is 44.7 Å². The van der Waals surface area contributed by atoms with E-state index in [0.717, 1.165) is 36.0 Å². The van der Waals surface area contributed by atoms with Crippen LogP contribution in [-0.4, -0.2) is 16.0 Å². The van der Waals surface area contributed by atoms with Crippen molar-refractivity contribution in [2.45, 2.75) is 71.8 Å². The molecule has 112 valence electrons. The lowest BCUT2D eigenvalue weighted by atomic mass is 9.83. The minimum Gasteiger partial charge on any atom is -0.367 e. The zero-order valence-corrected chi connectivity index (χ0v) is 13.6. The fourth-order valence-corrected chi connectivity index (χ4v) is 3.26. The van der Waals surface area contributed by atoms with Crippen LogP contribution in [0, 0.1) is 12.8 Å². The smallest absolute Gasteiger partial charge is 0.137 e. The van der Waals surface area contributed by atoms with E-state index in [9.17, 15) is 0 Å². The van der Waals surface area contributed by atoms with Crippen molar-refractivity contribution >= 4 is 17.4 Å². The van der Waals surface area contributed by atoms with Crippen molar-refractivity contribution < 1.29 is 0 Å². The second-order valence-electron chi connectivity index (χ2n) is 5.86. The quantitative estimate of drug-likeness (QED) is 0.795. The summed E-state index contributed by atoms with van der Waals surface area (Å²) >= 11 is 6.25. The number of anilines is 1. The first kappa shape index (κ1) is 15.6. The molecule has 2 unspecified atom stereocenters. The molecule has 2 atom stereocenters. The van der Waals surface area contributed by atoms with Crippen LogP contribution in [0.2, 0.25) is 5.15 Å². The van der Waals surface area contributed by atoms with Crippen molar-refractivity contribution in [3.63, 3.8) is 0 Å². The van der Waals surface area contributed by atoms with E-state index in [1.54, 1.807) is 0 Å². The lowest BCUT2D eigenvalue weighted by molar-refractivity contribution is 0.316. The van der Waals surface area contributed by atoms with Crippen molar-refractivity contribution in [3.8, 4) is 0 Å². The van der Waals surface area contributed by atoms with Gasteiger partial charge in [0, 0.05) is 18.0 Å². The van der Waals surface area contributed by atoms with Crippen molar-refractivity contribution in [2.75, 3.05) is 5.32 Å². The van der Waals surface area contributed by atoms with E-state index in [1.807, 2.05) is 6.92 Å². The van der Waals surface area contributed by atoms with E-state index < -0.39 is 0 Å². The molecule has 0 aromatic carbocycles. The molecule has 0 bridgehead atoms. The second-order valence-corrected chi connectivity index (χ2v) is 6.22. The van der Waals surface area contributed by atoms with Crippen LogP contribution in [-0.2, 0) is 6.42 Å². The number of halogens is 1. The van der Waals surface area contributed by atoms with Crippen molar-refractivity contribution in [2.24, 2.45) is 5.92 Å². The van der Waals surface area contributed by atoms with E-state index in [1.165, 1.54) is 32.1 Å². The highest BCUT2D eigenvalue weighted by Crippen LogP contribution is 2.30. The summed E-state index contributed by atoms with van der Waals surface area (Å²) in [6.07, 6.45) is 8.40. The summed E-state index contributed by atoms with van der Waals surface area (Å²) in [6.45, 7) is 6.43. The predicted octanol–water partition coefficient (Wildman–Crippen LogP) is 4.77. The van der Waals surface area contributed by atoms with Gasteiger partial charge >= 0.3 is 0 Å². The highest BCUT2D eigenvalue weighted by molar-refractivity contribution is 6.30. The molecule has 1 aliphatic carbocycles. The zero-order chi connectivity index (χ0) is 14.5. The fourth-order valence-electron chi connectivity index (χ4n) is 3.07. The van der Waals surface area contributed by atoms with Gasteiger partial charge in [-0.2, -0.15) is 0 Å². The molecule has 3 nitrogen and oxygen atoms in total. The normalized spacial score (nSPS) is 22.8. The predicted molar refractivity (Wildman–Crippen MR) is 85.4 cm³/mol. The van der Waals surface area contributed by atoms with Gasteiger partial charge in [0.25, 0.3) is 0 Å². The summed E-state index contributed by atoms with van der Waals surface area (Å²) in [7, 11) is 0. The molecule has 0 amide bonds. The van der Waals surface area contributed by atoms with Gasteiger partial charge in [0.05, 0.1) is 0 Å². The molecule has 1 aromatic heterocycles. The van der Waals surface area contributed by atoms with Crippen LogP contribution in [0.3, 0.4) is 0 Å². The largest absolute Gasteiger partial charge is 0.367 e. The molecule has 1 aliphatic rings. The molecule has 0 saturated heterocycles. The highest BCUT2D eigenvalue weighted by atomic mass is 35.5. The first-order valence-electron chi connectivity index (χ1n) is 7.95. The summed E-state index contributed by atoms with van der Waals surface area (Å²) in [5.41, 5.74) is 0.979. The van der Waals surface area contributed by atoms with Crippen LogP contribution >= 0.6 is 11.6 Å². The molecular formula is C16H26ClN3. The highest BCUT2D eigenvalue weighted by Gasteiger charge is 2.24. The number of nitrogens with zero attached hydrogens (tertiary/aromatic N) is 2. The van der Waals surface area contributed by atoms with Crippen molar-refractivity contribution in [1.82, 2.24) is 9.97 Å². The number of aryl methyl sites for hydroxylation is 1. The Morgan fingerprint density at radius 3 is 2.65 bits per heavy atom. The van der Waals surface area contributed by atoms with Crippen LogP contribution in [0.5, 0.6) is 0 Å². The third-order valence-corrected chi connectivity index (χ3v) is 4.73. The van der Waals surface area contributed by atoms with Gasteiger partial charge in [-0.15, -0.1) is 0 Å². The van der Waals surface area contributed by atoms with Crippen LogP contribution < -0.4 is 5.32 Å². The van der Waals surface area contributed by atoms with E-state index in [4.69, 9.17) is 11.6 Å². The Morgan fingerprint density at radius 2 is 1.95 bits per heavy atom. The molecule has 4 heteroatoms. The van der Waals surface area contributed by atoms with Crippen molar-refractivity contribution in [1.29, 1.82) is 0 Å². The average molecular weight is 296 g/mol. The summed E-state index contributed by atoms with van der Waals surface area (Å²) in [5, 5.41) is 4.25. The van der Waals surface area contributed by atoms with Gasteiger partial charge in [0.1, 0.15) is 16.8 Å². The van der Waals surface area contributed by atoms with E-state index in [-0.39, 0.29) is 0 Å². The first-order valence-corrected chi connectivity index (χ1v) is 8.33. The van der Waals surface area contributed by atoms with Crippen molar-refractivity contribution in [3.05, 3.63) is 16.5 Å². The molecule has 2 rings (SSSR count). The number of aromatic nitrogens is 2. The molecule has 0 aliphatic heterocycles. The Balaban J connectivity index is 2.18. The van der Waals surface area contributed by atoms with Crippen LogP contribution in [0.1, 0.15) is 63.8 Å². The van der Waals surface area contributed by atoms with E-state index in [2.05, 4.69) is 29.1 Å². The molecule has 0 radical (unpaired) electrons. The maximum atomic E-state index is 6.25. The summed E-state index contributed by atoms with van der Waals surface area (Å²) in [6, 6.07) is 0.535. The number of rotatable bonds is 5. The molecule has 1 fully saturated rings. The van der Waals surface area contributed by atoms with E-state index in [0.29, 0.717) is 11.2 Å². The Kier molecular flexibility index (Phi) is 5.64. The molecule has 1 heterocycles. The first-order chi connectivity index (χ1) is 9.65. The maximum Gasteiger partial charge on any atom is 0.137 e. The Bertz CT molecular complexity index is 448. The molecule has 1 aromatic rings. The second kappa shape index (κ2) is 7.26. The lowest BCUT2D eigenvalue weighted by Gasteiger charge is -2.32. The Morgan fingerprint density at radius 1 is 1.20 bits per heavy atom. The summed E-state index contributed by atoms with van der Waals surface area (Å²) in [4.78, 5) is 9.05. The molecular weight excluding hydrogens is 270 g/mol. The number of nitrogens with one attached hydrogen (secondary N) is 1. The number of hydrogen-bond donors (Lipinski definition) is 1. The van der Waals surface area contributed by atoms with Gasteiger partial charge in [-0.25, -0.2) is 9.97 Å². The number of hydrogen-bond acceptors (Lipinski definition) is 3. The lowest BCUT2D eigenvalue weighted by Crippen LogP contribution is -2.32. The zero-order valence-electron chi connectivity index (χ0n) is 12.9. The average Bonchev–Trinajstić information content (AvgIpc) is 2.45. The van der Waals surface area contributed by atoms with Gasteiger partial charge in [0.15, 0.2) is 0 Å². The monoisotopic (exact) mass is 295 g/mol. The maximum absolute atomic E-state index is 6.25. The van der Waals surface area contributed by atoms with Gasteiger partial charge in [0.2, 0.25) is 0 Å². The van der Waals surface area contributed by atoms with Gasteiger partial charge in [-0.3, -0.25) is 0 Å². The molecule has 20 heavy (non-hydrogen) atoms. The third-order valence-electron chi connectivity index (χ3n) is 4.36. The fraction of sp³-hybridized carbons (Fsp3) is 0.750. The molecule has 1 saturated carbocycles. The van der Waals surface area contributed by atoms with Crippen LogP contribution in [0.25, 0.3) is 0 Å². The van der Waals surface area contributed by atoms with Crippen LogP contribution in [0.4, 0.5) is 5.82 Å². The minimum absolute atomic E-state index is 0.535. The van der Waals surface area contributed by atoms with Crippen LogP contribution in [0.15, 0.2) is 0 Å². The Hall–Kier alpha value is -0.830. The van der Waals surface area contributed by atoms with E-state index >= 15 is 0 Å². The van der Waals surface area contributed by atoms with Gasteiger partial charge < -0.3 is 5.32 Å². The summed E-state index contributed by atoms with van der Waals surface area (Å²) in [5.74, 6) is 2.56. The molecule has 1 N–H and O–H groups in total. The van der Waals surface area contributed by atoms with Gasteiger partial charge in [-0.05, 0) is 32.1 Å². The SMILES string of the molecule is CCCc1nc(Cl)c(C)c(NC2CCCCC2CC)n1. The minimum atomic E-state index is 0.535. The Labute approximate surface area is 127 Å². The topological polar surface area (TPSA) is 37.8 Å². The third kappa shape index (κ3) is 3.63. The molecule has 0 spiro atoms. The standard InChI is InChI=1S/C16H26ClN3/c1-4-8-14-19-15(17)11(3)16(20-14)18-13-10-7-6-9-12(13)5-2/h12-13H,4-10H2,1-3H3,(H,18,19,20). The summed E-state index contributed by atoms with van der Waals surface area (Å²) < 4.78 is 0.